The highest BCUT2D eigenvalue weighted by Gasteiger charge is 2.27. The van der Waals surface area contributed by atoms with E-state index >= 15 is 0 Å². The molecule has 3 heteroatoms. The molecule has 104 valence electrons. The van der Waals surface area contributed by atoms with E-state index in [0.29, 0.717) is 5.92 Å². The zero-order valence-electron chi connectivity index (χ0n) is 11.9. The zero-order valence-corrected chi connectivity index (χ0v) is 12.7. The van der Waals surface area contributed by atoms with Crippen molar-refractivity contribution in [2.45, 2.75) is 36.7 Å². The number of nitrogens with zero attached hydrogens (tertiary/aromatic N) is 1. The van der Waals surface area contributed by atoms with Crippen molar-refractivity contribution in [1.82, 2.24) is 4.90 Å². The molecule has 0 saturated carbocycles. The van der Waals surface area contributed by atoms with Crippen molar-refractivity contribution >= 4 is 17.4 Å². The minimum atomic E-state index is 0.708. The average Bonchev–Trinajstić information content (AvgIpc) is 2.38. The highest BCUT2D eigenvalue weighted by molar-refractivity contribution is 8.00. The van der Waals surface area contributed by atoms with Gasteiger partial charge in [-0.1, -0.05) is 32.0 Å². The third-order valence-corrected chi connectivity index (χ3v) is 5.41. The van der Waals surface area contributed by atoms with Crippen LogP contribution < -0.4 is 5.32 Å². The first-order chi connectivity index (χ1) is 9.22. The van der Waals surface area contributed by atoms with E-state index < -0.39 is 0 Å². The zero-order chi connectivity index (χ0) is 13.2. The van der Waals surface area contributed by atoms with Crippen LogP contribution in [0.2, 0.25) is 0 Å². The Morgan fingerprint density at radius 1 is 1.21 bits per heavy atom. The molecule has 0 spiro atoms. The predicted molar refractivity (Wildman–Crippen MR) is 85.2 cm³/mol. The molecule has 0 aliphatic carbocycles. The van der Waals surface area contributed by atoms with Gasteiger partial charge in [-0.3, -0.25) is 0 Å². The molecular weight excluding hydrogens is 252 g/mol. The molecule has 2 heterocycles. The van der Waals surface area contributed by atoms with E-state index in [9.17, 15) is 0 Å². The third-order valence-electron chi connectivity index (χ3n) is 4.18. The number of para-hydroxylation sites is 1. The number of hydrogen-bond donors (Lipinski definition) is 1. The first-order valence-corrected chi connectivity index (χ1v) is 8.37. The van der Waals surface area contributed by atoms with Gasteiger partial charge in [-0.25, -0.2) is 0 Å². The molecule has 2 aliphatic rings. The van der Waals surface area contributed by atoms with E-state index in [1.165, 1.54) is 37.3 Å². The van der Waals surface area contributed by atoms with Crippen LogP contribution in [0.5, 0.6) is 0 Å². The summed E-state index contributed by atoms with van der Waals surface area (Å²) in [4.78, 5) is 2.68. The highest BCUT2D eigenvalue weighted by Crippen LogP contribution is 2.33. The number of thioether (sulfide) groups is 1. The van der Waals surface area contributed by atoms with E-state index in [1.807, 2.05) is 0 Å². The summed E-state index contributed by atoms with van der Waals surface area (Å²) < 4.78 is 0. The quantitative estimate of drug-likeness (QED) is 0.891. The van der Waals surface area contributed by atoms with E-state index in [2.05, 4.69) is 60.1 Å². The van der Waals surface area contributed by atoms with E-state index in [4.69, 9.17) is 0 Å². The molecule has 0 bridgehead atoms. The fourth-order valence-electron chi connectivity index (χ4n) is 3.49. The molecule has 3 atom stereocenters. The van der Waals surface area contributed by atoms with Crippen molar-refractivity contribution in [3.8, 4) is 0 Å². The summed E-state index contributed by atoms with van der Waals surface area (Å²) in [5.74, 6) is 0.708. The summed E-state index contributed by atoms with van der Waals surface area (Å²) >= 11 is 2.14. The summed E-state index contributed by atoms with van der Waals surface area (Å²) in [6.45, 7) is 9.58. The van der Waals surface area contributed by atoms with Crippen LogP contribution in [0.25, 0.3) is 0 Å². The molecule has 2 aliphatic heterocycles. The van der Waals surface area contributed by atoms with Gasteiger partial charge in [0.2, 0.25) is 0 Å². The summed E-state index contributed by atoms with van der Waals surface area (Å²) in [6.07, 6.45) is 1.27. The fourth-order valence-corrected chi connectivity index (χ4v) is 4.87. The molecular formula is C16H24N2S. The van der Waals surface area contributed by atoms with Crippen molar-refractivity contribution in [3.63, 3.8) is 0 Å². The average molecular weight is 276 g/mol. The van der Waals surface area contributed by atoms with Gasteiger partial charge < -0.3 is 10.2 Å². The maximum absolute atomic E-state index is 3.52. The molecule has 19 heavy (non-hydrogen) atoms. The Kier molecular flexibility index (Phi) is 4.04. The third kappa shape index (κ3) is 3.09. The minimum absolute atomic E-state index is 0.708. The molecule has 3 unspecified atom stereocenters. The van der Waals surface area contributed by atoms with Crippen molar-refractivity contribution in [2.75, 3.05) is 31.5 Å². The number of hydrogen-bond acceptors (Lipinski definition) is 3. The van der Waals surface area contributed by atoms with Crippen molar-refractivity contribution < 1.29 is 0 Å². The van der Waals surface area contributed by atoms with Crippen LogP contribution in [0, 0.1) is 0 Å². The molecule has 1 fully saturated rings. The number of nitrogens with one attached hydrogen (secondary N) is 1. The summed E-state index contributed by atoms with van der Waals surface area (Å²) in [7, 11) is 0. The Morgan fingerprint density at radius 2 is 1.95 bits per heavy atom. The maximum Gasteiger partial charge on any atom is 0.0376 e. The van der Waals surface area contributed by atoms with Crippen molar-refractivity contribution in [1.29, 1.82) is 0 Å². The van der Waals surface area contributed by atoms with Crippen molar-refractivity contribution in [3.05, 3.63) is 29.8 Å². The number of fused-ring (bicyclic) bond motifs is 1. The van der Waals surface area contributed by atoms with Gasteiger partial charge in [0.25, 0.3) is 0 Å². The highest BCUT2D eigenvalue weighted by atomic mass is 32.2. The van der Waals surface area contributed by atoms with Crippen molar-refractivity contribution in [2.24, 2.45) is 0 Å². The van der Waals surface area contributed by atoms with Crippen LogP contribution >= 0.6 is 11.8 Å². The lowest BCUT2D eigenvalue weighted by molar-refractivity contribution is 0.250. The summed E-state index contributed by atoms with van der Waals surface area (Å²) in [5.41, 5.74) is 2.87. The van der Waals surface area contributed by atoms with Crippen LogP contribution in [0.3, 0.4) is 0 Å². The monoisotopic (exact) mass is 276 g/mol. The van der Waals surface area contributed by atoms with Crippen LogP contribution in [-0.2, 0) is 0 Å². The van der Waals surface area contributed by atoms with Crippen LogP contribution in [0.15, 0.2) is 24.3 Å². The maximum atomic E-state index is 3.52. The van der Waals surface area contributed by atoms with E-state index in [-0.39, 0.29) is 0 Å². The normalized spacial score (nSPS) is 31.6. The van der Waals surface area contributed by atoms with Gasteiger partial charge in [0.1, 0.15) is 0 Å². The standard InChI is InChI=1S/C16H24N2S/c1-12-9-18(10-13(2)19-12)11-14-7-8-17-16-6-4-3-5-15(14)16/h3-6,12-14,17H,7-11H2,1-2H3. The van der Waals surface area contributed by atoms with E-state index in [1.54, 1.807) is 0 Å². The molecule has 0 amide bonds. The molecule has 3 rings (SSSR count). The molecule has 1 aromatic rings. The molecule has 1 saturated heterocycles. The smallest absolute Gasteiger partial charge is 0.0376 e. The SMILES string of the molecule is CC1CN(CC2CCNc3ccccc32)CC(C)S1. The number of rotatable bonds is 2. The minimum Gasteiger partial charge on any atom is -0.385 e. The van der Waals surface area contributed by atoms with Crippen LogP contribution in [-0.4, -0.2) is 41.6 Å². The molecule has 1 aromatic carbocycles. The van der Waals surface area contributed by atoms with Gasteiger partial charge in [0.05, 0.1) is 0 Å². The summed E-state index contributed by atoms with van der Waals surface area (Å²) in [5, 5.41) is 5.08. The van der Waals surface area contributed by atoms with Gasteiger partial charge in [-0.15, -0.1) is 0 Å². The Bertz CT molecular complexity index is 425. The Labute approximate surface area is 121 Å². The van der Waals surface area contributed by atoms with Crippen LogP contribution in [0.1, 0.15) is 31.7 Å². The Morgan fingerprint density at radius 3 is 2.74 bits per heavy atom. The molecule has 2 nitrogen and oxygen atoms in total. The first-order valence-electron chi connectivity index (χ1n) is 7.43. The number of anilines is 1. The molecule has 0 radical (unpaired) electrons. The molecule has 1 N–H and O–H groups in total. The lowest BCUT2D eigenvalue weighted by Gasteiger charge is -2.38. The second-order valence-corrected chi connectivity index (χ2v) is 7.86. The Hall–Kier alpha value is -0.670. The Balaban J connectivity index is 1.70. The number of benzene rings is 1. The topological polar surface area (TPSA) is 15.3 Å². The van der Waals surface area contributed by atoms with Gasteiger partial charge in [0.15, 0.2) is 0 Å². The predicted octanol–water partition coefficient (Wildman–Crippen LogP) is 3.41. The van der Waals surface area contributed by atoms with Gasteiger partial charge in [0, 0.05) is 48.3 Å². The largest absolute Gasteiger partial charge is 0.385 e. The van der Waals surface area contributed by atoms with Crippen LogP contribution in [0.4, 0.5) is 5.69 Å². The van der Waals surface area contributed by atoms with Gasteiger partial charge in [-0.2, -0.15) is 11.8 Å². The second-order valence-electron chi connectivity index (χ2n) is 5.98. The fraction of sp³-hybridized carbons (Fsp3) is 0.625. The second kappa shape index (κ2) is 5.76. The van der Waals surface area contributed by atoms with Gasteiger partial charge in [-0.05, 0) is 18.1 Å². The first kappa shape index (κ1) is 13.3. The summed E-state index contributed by atoms with van der Waals surface area (Å²) in [6, 6.07) is 8.84. The lowest BCUT2D eigenvalue weighted by Crippen LogP contribution is -2.43. The van der Waals surface area contributed by atoms with E-state index in [0.717, 1.165) is 17.0 Å². The van der Waals surface area contributed by atoms with Gasteiger partial charge >= 0.3 is 0 Å². The lowest BCUT2D eigenvalue weighted by atomic mass is 9.90. The molecule has 0 aromatic heterocycles.